The summed E-state index contributed by atoms with van der Waals surface area (Å²) >= 11 is 0. The maximum atomic E-state index is 13.2. The molecular formula is C28H30N4O5. The molecule has 1 aliphatic heterocycles. The Bertz CT molecular complexity index is 1550. The van der Waals surface area contributed by atoms with Gasteiger partial charge in [0.05, 0.1) is 22.9 Å². The van der Waals surface area contributed by atoms with Crippen LogP contribution in [-0.4, -0.2) is 56.2 Å². The van der Waals surface area contributed by atoms with Crippen LogP contribution in [0.4, 0.5) is 0 Å². The lowest BCUT2D eigenvalue weighted by Gasteiger charge is -2.26. The van der Waals surface area contributed by atoms with E-state index in [0.29, 0.717) is 59.0 Å². The Morgan fingerprint density at radius 1 is 1.24 bits per heavy atom. The molecule has 1 aliphatic carbocycles. The minimum absolute atomic E-state index is 0.106. The predicted molar refractivity (Wildman–Crippen MR) is 137 cm³/mol. The van der Waals surface area contributed by atoms with Crippen molar-refractivity contribution in [2.75, 3.05) is 13.1 Å². The molecule has 192 valence electrons. The normalized spacial score (nSPS) is 19.9. The maximum Gasteiger partial charge on any atom is 0.255 e. The molecule has 1 saturated carbocycles. The number of nitrogens with zero attached hydrogens (tertiary/aromatic N) is 3. The number of rotatable bonds is 5. The van der Waals surface area contributed by atoms with Crippen LogP contribution >= 0.6 is 0 Å². The molecule has 2 aliphatic rings. The van der Waals surface area contributed by atoms with E-state index in [0.717, 1.165) is 30.2 Å². The smallest absolute Gasteiger partial charge is 0.255 e. The lowest BCUT2D eigenvalue weighted by molar-refractivity contribution is 0.0572. The number of aromatic nitrogens is 2. The number of amides is 2. The van der Waals surface area contributed by atoms with Gasteiger partial charge < -0.3 is 24.5 Å². The van der Waals surface area contributed by atoms with Crippen molar-refractivity contribution >= 4 is 28.3 Å². The summed E-state index contributed by atoms with van der Waals surface area (Å²) in [7, 11) is 0. The Balaban J connectivity index is 1.29. The number of β-amino-alcohol motifs (C(OH)–C–C–N with tert-alkyl or cyclic N) is 1. The molecule has 0 unspecified atom stereocenters. The number of fused-ring (bicyclic) bond motifs is 2. The Morgan fingerprint density at radius 2 is 2.05 bits per heavy atom. The van der Waals surface area contributed by atoms with Gasteiger partial charge in [-0.2, -0.15) is 5.10 Å². The molecule has 1 aromatic carbocycles. The number of aryl methyl sites for hydroxylation is 2. The summed E-state index contributed by atoms with van der Waals surface area (Å²) in [6.45, 7) is 6.23. The van der Waals surface area contributed by atoms with Gasteiger partial charge in [0.25, 0.3) is 11.8 Å². The SMILES string of the molecule is Cc1oc2cc(Oc3ccnn4cc(C(=O)N5CC[C@@](C)(O)C5)c(C)c34)ccc2c1C(=O)NC1CCC1. The van der Waals surface area contributed by atoms with Gasteiger partial charge in [0.2, 0.25) is 0 Å². The third-order valence-electron chi connectivity index (χ3n) is 7.59. The van der Waals surface area contributed by atoms with Crippen LogP contribution in [0.5, 0.6) is 11.5 Å². The van der Waals surface area contributed by atoms with E-state index in [4.69, 9.17) is 9.15 Å². The predicted octanol–water partition coefficient (Wildman–Crippen LogP) is 4.37. The largest absolute Gasteiger partial charge is 0.460 e. The second-order valence-corrected chi connectivity index (χ2v) is 10.5. The van der Waals surface area contributed by atoms with Gasteiger partial charge in [-0.25, -0.2) is 4.52 Å². The minimum atomic E-state index is -0.865. The number of benzene rings is 1. The molecule has 0 bridgehead atoms. The molecule has 4 heterocycles. The zero-order valence-electron chi connectivity index (χ0n) is 21.2. The summed E-state index contributed by atoms with van der Waals surface area (Å²) in [5, 5.41) is 18.5. The van der Waals surface area contributed by atoms with Gasteiger partial charge in [0.1, 0.15) is 22.6 Å². The lowest BCUT2D eigenvalue weighted by Crippen LogP contribution is -2.39. The summed E-state index contributed by atoms with van der Waals surface area (Å²) in [4.78, 5) is 27.7. The molecule has 1 atom stereocenters. The molecule has 9 nitrogen and oxygen atoms in total. The molecule has 3 aromatic heterocycles. The van der Waals surface area contributed by atoms with Crippen molar-refractivity contribution < 1.29 is 23.8 Å². The topological polar surface area (TPSA) is 109 Å². The summed E-state index contributed by atoms with van der Waals surface area (Å²) < 4.78 is 13.8. The average molecular weight is 503 g/mol. The van der Waals surface area contributed by atoms with Crippen LogP contribution in [0.3, 0.4) is 0 Å². The van der Waals surface area contributed by atoms with Crippen molar-refractivity contribution in [3.05, 3.63) is 59.1 Å². The number of furan rings is 1. The first-order valence-corrected chi connectivity index (χ1v) is 12.7. The molecular weight excluding hydrogens is 472 g/mol. The molecule has 2 N–H and O–H groups in total. The van der Waals surface area contributed by atoms with Gasteiger partial charge in [-0.05, 0) is 64.2 Å². The van der Waals surface area contributed by atoms with Gasteiger partial charge in [-0.15, -0.1) is 0 Å². The van der Waals surface area contributed by atoms with Crippen molar-refractivity contribution in [2.24, 2.45) is 0 Å². The van der Waals surface area contributed by atoms with Gasteiger partial charge in [-0.1, -0.05) is 0 Å². The van der Waals surface area contributed by atoms with Crippen molar-refractivity contribution in [1.82, 2.24) is 19.8 Å². The zero-order chi connectivity index (χ0) is 25.9. The Labute approximate surface area is 214 Å². The highest BCUT2D eigenvalue weighted by Gasteiger charge is 2.35. The van der Waals surface area contributed by atoms with E-state index in [1.54, 1.807) is 47.8 Å². The third kappa shape index (κ3) is 4.13. The summed E-state index contributed by atoms with van der Waals surface area (Å²) in [5.74, 6) is 1.43. The number of nitrogens with one attached hydrogen (secondary N) is 1. The number of hydrogen-bond donors (Lipinski definition) is 2. The van der Waals surface area contributed by atoms with E-state index >= 15 is 0 Å². The number of carbonyl (C=O) groups excluding carboxylic acids is 2. The molecule has 37 heavy (non-hydrogen) atoms. The number of likely N-dealkylation sites (tertiary alicyclic amines) is 1. The van der Waals surface area contributed by atoms with Crippen LogP contribution in [0.25, 0.3) is 16.5 Å². The first-order chi connectivity index (χ1) is 17.7. The van der Waals surface area contributed by atoms with Crippen LogP contribution in [0, 0.1) is 13.8 Å². The second-order valence-electron chi connectivity index (χ2n) is 10.5. The highest BCUT2D eigenvalue weighted by atomic mass is 16.5. The highest BCUT2D eigenvalue weighted by molar-refractivity contribution is 6.07. The second kappa shape index (κ2) is 8.62. The quantitative estimate of drug-likeness (QED) is 0.420. The van der Waals surface area contributed by atoms with E-state index in [1.807, 2.05) is 19.1 Å². The lowest BCUT2D eigenvalue weighted by atomic mass is 9.93. The van der Waals surface area contributed by atoms with Gasteiger partial charge in [0.15, 0.2) is 5.75 Å². The fraction of sp³-hybridized carbons (Fsp3) is 0.393. The molecule has 0 spiro atoms. The highest BCUT2D eigenvalue weighted by Crippen LogP contribution is 2.35. The van der Waals surface area contributed by atoms with Crippen molar-refractivity contribution in [2.45, 2.75) is 58.1 Å². The molecule has 9 heteroatoms. The monoisotopic (exact) mass is 502 g/mol. The van der Waals surface area contributed by atoms with E-state index < -0.39 is 5.60 Å². The Kier molecular flexibility index (Phi) is 5.49. The van der Waals surface area contributed by atoms with Crippen molar-refractivity contribution in [3.8, 4) is 11.5 Å². The van der Waals surface area contributed by atoms with E-state index in [9.17, 15) is 14.7 Å². The molecule has 6 rings (SSSR count). The maximum absolute atomic E-state index is 13.2. The first-order valence-electron chi connectivity index (χ1n) is 12.7. The van der Waals surface area contributed by atoms with Crippen LogP contribution in [0.2, 0.25) is 0 Å². The van der Waals surface area contributed by atoms with Crippen LogP contribution < -0.4 is 10.1 Å². The van der Waals surface area contributed by atoms with Crippen molar-refractivity contribution in [3.63, 3.8) is 0 Å². The number of carbonyl (C=O) groups is 2. The molecule has 2 amide bonds. The Morgan fingerprint density at radius 3 is 2.76 bits per heavy atom. The van der Waals surface area contributed by atoms with Gasteiger partial charge >= 0.3 is 0 Å². The summed E-state index contributed by atoms with van der Waals surface area (Å²) in [5.41, 5.74) is 2.24. The summed E-state index contributed by atoms with van der Waals surface area (Å²) in [6, 6.07) is 7.43. The van der Waals surface area contributed by atoms with Crippen molar-refractivity contribution in [1.29, 1.82) is 0 Å². The molecule has 0 radical (unpaired) electrons. The van der Waals surface area contributed by atoms with E-state index in [1.165, 1.54) is 0 Å². The van der Waals surface area contributed by atoms with Crippen LogP contribution in [0.1, 0.15) is 64.6 Å². The first kappa shape index (κ1) is 23.5. The number of ether oxygens (including phenoxy) is 1. The third-order valence-corrected chi connectivity index (χ3v) is 7.59. The summed E-state index contributed by atoms with van der Waals surface area (Å²) in [6.07, 6.45) is 7.06. The van der Waals surface area contributed by atoms with E-state index in [2.05, 4.69) is 10.4 Å². The number of hydrogen-bond acceptors (Lipinski definition) is 6. The number of aliphatic hydroxyl groups is 1. The van der Waals surface area contributed by atoms with E-state index in [-0.39, 0.29) is 17.9 Å². The average Bonchev–Trinajstić information content (AvgIpc) is 3.47. The molecule has 4 aromatic rings. The molecule has 1 saturated heterocycles. The van der Waals surface area contributed by atoms with Crippen LogP contribution in [0.15, 0.2) is 41.1 Å². The fourth-order valence-corrected chi connectivity index (χ4v) is 5.29. The minimum Gasteiger partial charge on any atom is -0.460 e. The van der Waals surface area contributed by atoms with Gasteiger partial charge in [0, 0.05) is 42.8 Å². The Hall–Kier alpha value is -3.85. The standard InChI is InChI=1S/C28H30N4O5/c1-16-21(27(34)31-12-10-28(3,35)15-31)14-32-25(16)22(9-11-29-32)37-19-7-8-20-23(13-19)36-17(2)24(20)26(33)30-18-5-4-6-18/h7-9,11,13-14,18,35H,4-6,10,12,15H2,1-3H3,(H,30,33)/t28-/m1/s1. The fourth-order valence-electron chi connectivity index (χ4n) is 5.29. The van der Waals surface area contributed by atoms with Crippen LogP contribution in [-0.2, 0) is 0 Å². The van der Waals surface area contributed by atoms with Gasteiger partial charge in [-0.3, -0.25) is 9.59 Å². The zero-order valence-corrected chi connectivity index (χ0v) is 21.2. The molecule has 2 fully saturated rings.